The lowest BCUT2D eigenvalue weighted by Crippen LogP contribution is -2.39. The van der Waals surface area contributed by atoms with Crippen LogP contribution in [0.4, 0.5) is 11.4 Å². The van der Waals surface area contributed by atoms with Crippen LogP contribution in [0.15, 0.2) is 18.2 Å². The Morgan fingerprint density at radius 1 is 1.44 bits per heavy atom. The van der Waals surface area contributed by atoms with Crippen LogP contribution in [0.3, 0.4) is 0 Å². The first kappa shape index (κ1) is 12.5. The maximum atomic E-state index is 11.9. The number of carbonyl (C=O) groups is 1. The first-order valence-corrected chi connectivity index (χ1v) is 5.10. The summed E-state index contributed by atoms with van der Waals surface area (Å²) in [5.41, 5.74) is 7.15. The topological polar surface area (TPSA) is 64.3 Å². The molecule has 0 aliphatic rings. The van der Waals surface area contributed by atoms with Crippen molar-refractivity contribution in [3.05, 3.63) is 23.8 Å². The van der Waals surface area contributed by atoms with Gasteiger partial charge in [0.25, 0.3) is 5.91 Å². The zero-order valence-corrected chi connectivity index (χ0v) is 10.1. The van der Waals surface area contributed by atoms with Crippen molar-refractivity contribution in [2.75, 3.05) is 18.2 Å². The van der Waals surface area contributed by atoms with Gasteiger partial charge in [0, 0.05) is 18.5 Å². The second-order valence-electron chi connectivity index (χ2n) is 4.19. The number of nitrogens with two attached hydrogens (primary N) is 1. The third-order valence-corrected chi connectivity index (χ3v) is 2.68. The highest BCUT2D eigenvalue weighted by Crippen LogP contribution is 2.22. The highest BCUT2D eigenvalue weighted by atomic mass is 16.5. The second kappa shape index (κ2) is 4.53. The zero-order valence-electron chi connectivity index (χ0n) is 10.1. The van der Waals surface area contributed by atoms with Gasteiger partial charge in [0.1, 0.15) is 5.60 Å². The zero-order chi connectivity index (χ0) is 12.3. The fourth-order valence-corrected chi connectivity index (χ4v) is 1.15. The molecule has 1 aromatic carbocycles. The molecule has 4 nitrogen and oxygen atoms in total. The molecule has 1 rings (SSSR count). The lowest BCUT2D eigenvalue weighted by molar-refractivity contribution is -0.133. The number of rotatable bonds is 3. The van der Waals surface area contributed by atoms with Crippen LogP contribution >= 0.6 is 0 Å². The maximum absolute atomic E-state index is 11.9. The summed E-state index contributed by atoms with van der Waals surface area (Å²) in [4.78, 5) is 11.9. The molecule has 0 spiro atoms. The van der Waals surface area contributed by atoms with Crippen molar-refractivity contribution >= 4 is 17.3 Å². The molecule has 3 N–H and O–H groups in total. The van der Waals surface area contributed by atoms with Gasteiger partial charge >= 0.3 is 0 Å². The molecule has 0 aromatic heterocycles. The van der Waals surface area contributed by atoms with E-state index in [4.69, 9.17) is 10.5 Å². The van der Waals surface area contributed by atoms with E-state index in [0.717, 1.165) is 11.3 Å². The van der Waals surface area contributed by atoms with Gasteiger partial charge in [-0.2, -0.15) is 0 Å². The van der Waals surface area contributed by atoms with Crippen molar-refractivity contribution in [1.82, 2.24) is 0 Å². The Kier molecular flexibility index (Phi) is 3.55. The molecule has 16 heavy (non-hydrogen) atoms. The van der Waals surface area contributed by atoms with Crippen molar-refractivity contribution < 1.29 is 9.53 Å². The van der Waals surface area contributed by atoms with Gasteiger partial charge < -0.3 is 15.8 Å². The molecule has 1 aromatic rings. The third-order valence-electron chi connectivity index (χ3n) is 2.68. The van der Waals surface area contributed by atoms with Crippen molar-refractivity contribution in [1.29, 1.82) is 0 Å². The molecule has 0 heterocycles. The molecule has 88 valence electrons. The second-order valence-corrected chi connectivity index (χ2v) is 4.19. The molecule has 0 aliphatic heterocycles. The van der Waals surface area contributed by atoms with Crippen LogP contribution in [0.1, 0.15) is 19.4 Å². The molecule has 0 saturated heterocycles. The van der Waals surface area contributed by atoms with E-state index in [2.05, 4.69) is 5.32 Å². The lowest BCUT2D eigenvalue weighted by Gasteiger charge is -2.22. The van der Waals surface area contributed by atoms with Crippen LogP contribution in [0.5, 0.6) is 0 Å². The van der Waals surface area contributed by atoms with E-state index in [1.165, 1.54) is 7.11 Å². The number of benzene rings is 1. The van der Waals surface area contributed by atoms with E-state index in [1.807, 2.05) is 13.0 Å². The van der Waals surface area contributed by atoms with E-state index < -0.39 is 5.60 Å². The summed E-state index contributed by atoms with van der Waals surface area (Å²) in [6, 6.07) is 5.42. The van der Waals surface area contributed by atoms with Crippen LogP contribution in [0.25, 0.3) is 0 Å². The molecular formula is C12H18N2O2. The van der Waals surface area contributed by atoms with Crippen LogP contribution in [-0.2, 0) is 9.53 Å². The minimum absolute atomic E-state index is 0.191. The normalized spacial score (nSPS) is 11.2. The first-order chi connectivity index (χ1) is 7.38. The fourth-order valence-electron chi connectivity index (χ4n) is 1.15. The Bertz CT molecular complexity index is 400. The number of hydrogen-bond donors (Lipinski definition) is 2. The van der Waals surface area contributed by atoms with Gasteiger partial charge in [-0.3, -0.25) is 4.79 Å². The number of carbonyl (C=O) groups excluding carboxylic acids is 1. The number of ether oxygens (including phenoxy) is 1. The highest BCUT2D eigenvalue weighted by Gasteiger charge is 2.27. The average Bonchev–Trinajstić information content (AvgIpc) is 2.24. The predicted octanol–water partition coefficient (Wildman–Crippen LogP) is 1.94. The summed E-state index contributed by atoms with van der Waals surface area (Å²) in [6.07, 6.45) is 0. The van der Waals surface area contributed by atoms with Crippen molar-refractivity contribution in [2.45, 2.75) is 26.4 Å². The van der Waals surface area contributed by atoms with Crippen LogP contribution in [-0.4, -0.2) is 18.6 Å². The molecule has 4 heteroatoms. The fraction of sp³-hybridized carbons (Fsp3) is 0.417. The first-order valence-electron chi connectivity index (χ1n) is 5.10. The minimum Gasteiger partial charge on any atom is -0.398 e. The summed E-state index contributed by atoms with van der Waals surface area (Å²) in [6.45, 7) is 5.29. The number of nitrogen functional groups attached to an aromatic ring is 1. The van der Waals surface area contributed by atoms with Crippen molar-refractivity contribution in [2.24, 2.45) is 0 Å². The number of nitrogens with one attached hydrogen (secondary N) is 1. The molecule has 0 atom stereocenters. The van der Waals surface area contributed by atoms with E-state index in [-0.39, 0.29) is 5.91 Å². The molecule has 0 fully saturated rings. The molecular weight excluding hydrogens is 204 g/mol. The summed E-state index contributed by atoms with van der Waals surface area (Å²) in [5.74, 6) is -0.191. The van der Waals surface area contributed by atoms with E-state index >= 15 is 0 Å². The van der Waals surface area contributed by atoms with Gasteiger partial charge in [-0.25, -0.2) is 0 Å². The number of anilines is 2. The Morgan fingerprint density at radius 2 is 2.06 bits per heavy atom. The maximum Gasteiger partial charge on any atom is 0.256 e. The van der Waals surface area contributed by atoms with Gasteiger partial charge in [-0.15, -0.1) is 0 Å². The van der Waals surface area contributed by atoms with Crippen LogP contribution in [0.2, 0.25) is 0 Å². The monoisotopic (exact) mass is 222 g/mol. The van der Waals surface area contributed by atoms with E-state index in [9.17, 15) is 4.79 Å². The molecule has 0 radical (unpaired) electrons. The molecule has 0 saturated carbocycles. The molecule has 0 aliphatic carbocycles. The predicted molar refractivity (Wildman–Crippen MR) is 65.3 cm³/mol. The van der Waals surface area contributed by atoms with E-state index in [0.29, 0.717) is 5.69 Å². The minimum atomic E-state index is -0.850. The summed E-state index contributed by atoms with van der Waals surface area (Å²) >= 11 is 0. The lowest BCUT2D eigenvalue weighted by atomic mass is 10.1. The van der Waals surface area contributed by atoms with Crippen LogP contribution in [0, 0.1) is 6.92 Å². The van der Waals surface area contributed by atoms with E-state index in [1.54, 1.807) is 26.0 Å². The number of amides is 1. The average molecular weight is 222 g/mol. The number of methoxy groups -OCH3 is 1. The van der Waals surface area contributed by atoms with Gasteiger partial charge in [0.15, 0.2) is 0 Å². The summed E-state index contributed by atoms with van der Waals surface area (Å²) < 4.78 is 5.10. The third kappa shape index (κ3) is 2.52. The van der Waals surface area contributed by atoms with Crippen LogP contribution < -0.4 is 11.1 Å². The molecule has 0 bridgehead atoms. The highest BCUT2D eigenvalue weighted by molar-refractivity contribution is 5.97. The molecule has 1 amide bonds. The van der Waals surface area contributed by atoms with Crippen molar-refractivity contribution in [3.8, 4) is 0 Å². The summed E-state index contributed by atoms with van der Waals surface area (Å²) in [7, 11) is 1.51. The summed E-state index contributed by atoms with van der Waals surface area (Å²) in [5, 5.41) is 2.80. The van der Waals surface area contributed by atoms with Gasteiger partial charge in [0.05, 0.1) is 0 Å². The van der Waals surface area contributed by atoms with Gasteiger partial charge in [-0.05, 0) is 38.5 Å². The smallest absolute Gasteiger partial charge is 0.256 e. The standard InChI is InChI=1S/C12H18N2O2/c1-8-9(13)6-5-7-10(8)14-11(15)12(2,3)16-4/h5-7H,13H2,1-4H3,(H,14,15). The number of hydrogen-bond acceptors (Lipinski definition) is 3. The van der Waals surface area contributed by atoms with Gasteiger partial charge in [-0.1, -0.05) is 6.07 Å². The van der Waals surface area contributed by atoms with Crippen molar-refractivity contribution in [3.63, 3.8) is 0 Å². The van der Waals surface area contributed by atoms with Gasteiger partial charge in [0.2, 0.25) is 0 Å². The quantitative estimate of drug-likeness (QED) is 0.768. The molecule has 0 unspecified atom stereocenters. The SMILES string of the molecule is COC(C)(C)C(=O)Nc1cccc(N)c1C. The Labute approximate surface area is 95.8 Å². The Balaban J connectivity index is 2.90. The Morgan fingerprint density at radius 3 is 2.62 bits per heavy atom. The Hall–Kier alpha value is -1.55. The largest absolute Gasteiger partial charge is 0.398 e.